The van der Waals surface area contributed by atoms with Crippen LogP contribution in [0.4, 0.5) is 14.5 Å². The zero-order chi connectivity index (χ0) is 12.0. The molecule has 3 atom stereocenters. The third kappa shape index (κ3) is 1.66. The van der Waals surface area contributed by atoms with Gasteiger partial charge in [-0.25, -0.2) is 8.78 Å². The van der Waals surface area contributed by atoms with Gasteiger partial charge in [-0.15, -0.1) is 5.16 Å². The van der Waals surface area contributed by atoms with E-state index in [1.165, 1.54) is 6.07 Å². The first-order chi connectivity index (χ1) is 8.20. The van der Waals surface area contributed by atoms with E-state index in [4.69, 9.17) is 5.21 Å². The van der Waals surface area contributed by atoms with Crippen molar-refractivity contribution in [2.45, 2.75) is 0 Å². The fraction of sp³-hybridized carbons (Fsp3) is 0.417. The van der Waals surface area contributed by atoms with E-state index in [9.17, 15) is 8.78 Å². The molecule has 1 aromatic rings. The second-order valence-corrected chi connectivity index (χ2v) is 4.67. The number of anilines is 1. The van der Waals surface area contributed by atoms with Crippen LogP contribution in [0.1, 0.15) is 0 Å². The monoisotopic (exact) mass is 238 g/mol. The third-order valence-electron chi connectivity index (χ3n) is 3.77. The van der Waals surface area contributed by atoms with Crippen molar-refractivity contribution in [3.05, 3.63) is 29.8 Å². The van der Waals surface area contributed by atoms with Gasteiger partial charge in [0, 0.05) is 37.0 Å². The molecule has 1 N–H and O–H groups in total. The van der Waals surface area contributed by atoms with Gasteiger partial charge in [0.1, 0.15) is 0 Å². The summed E-state index contributed by atoms with van der Waals surface area (Å²) < 4.78 is 25.9. The van der Waals surface area contributed by atoms with Gasteiger partial charge in [0.05, 0.1) is 0 Å². The average molecular weight is 238 g/mol. The molecule has 5 heteroatoms. The van der Waals surface area contributed by atoms with Gasteiger partial charge in [0.25, 0.3) is 0 Å². The van der Waals surface area contributed by atoms with Gasteiger partial charge in [-0.05, 0) is 24.0 Å². The van der Waals surface area contributed by atoms with Gasteiger partial charge in [0.2, 0.25) is 0 Å². The molecular weight excluding hydrogens is 226 g/mol. The van der Waals surface area contributed by atoms with Gasteiger partial charge >= 0.3 is 0 Å². The number of rotatable bonds is 2. The highest BCUT2D eigenvalue weighted by atomic mass is 19.2. The predicted octanol–water partition coefficient (Wildman–Crippen LogP) is 2.11. The lowest BCUT2D eigenvalue weighted by Gasteiger charge is -2.21. The zero-order valence-electron chi connectivity index (χ0n) is 9.05. The Morgan fingerprint density at radius 2 is 1.94 bits per heavy atom. The average Bonchev–Trinajstić information content (AvgIpc) is 2.77. The number of hydrogen-bond donors (Lipinski definition) is 1. The van der Waals surface area contributed by atoms with E-state index >= 15 is 0 Å². The first kappa shape index (κ1) is 10.5. The number of oxime groups is 1. The van der Waals surface area contributed by atoms with Crippen LogP contribution in [0.15, 0.2) is 23.4 Å². The van der Waals surface area contributed by atoms with Crippen LogP contribution < -0.4 is 4.90 Å². The minimum absolute atomic E-state index is 0.349. The molecule has 1 aliphatic carbocycles. The topological polar surface area (TPSA) is 35.8 Å². The van der Waals surface area contributed by atoms with E-state index in [1.54, 1.807) is 12.3 Å². The van der Waals surface area contributed by atoms with Crippen LogP contribution in [0.25, 0.3) is 0 Å². The lowest BCUT2D eigenvalue weighted by Crippen LogP contribution is -2.24. The summed E-state index contributed by atoms with van der Waals surface area (Å²) in [5.41, 5.74) is 0.718. The minimum atomic E-state index is -0.816. The van der Waals surface area contributed by atoms with Crippen molar-refractivity contribution < 1.29 is 14.0 Å². The molecule has 0 bridgehead atoms. The van der Waals surface area contributed by atoms with Crippen molar-refractivity contribution in [2.75, 3.05) is 18.0 Å². The Hall–Kier alpha value is -1.65. The lowest BCUT2D eigenvalue weighted by atomic mass is 10.2. The molecule has 1 heterocycles. The van der Waals surface area contributed by atoms with Crippen molar-refractivity contribution in [1.29, 1.82) is 0 Å². The third-order valence-corrected chi connectivity index (χ3v) is 3.77. The molecule has 3 rings (SSSR count). The highest BCUT2D eigenvalue weighted by Gasteiger charge is 2.55. The molecule has 0 aromatic heterocycles. The predicted molar refractivity (Wildman–Crippen MR) is 59.3 cm³/mol. The number of hydrogen-bond acceptors (Lipinski definition) is 3. The normalized spacial score (nSPS) is 30.9. The molecule has 0 spiro atoms. The van der Waals surface area contributed by atoms with Crippen LogP contribution in [0.3, 0.4) is 0 Å². The first-order valence-corrected chi connectivity index (χ1v) is 5.58. The largest absolute Gasteiger partial charge is 0.411 e. The van der Waals surface area contributed by atoms with E-state index < -0.39 is 11.6 Å². The highest BCUT2D eigenvalue weighted by molar-refractivity contribution is 5.67. The van der Waals surface area contributed by atoms with Crippen molar-refractivity contribution >= 4 is 11.9 Å². The lowest BCUT2D eigenvalue weighted by molar-refractivity contribution is 0.319. The fourth-order valence-corrected chi connectivity index (χ4v) is 2.76. The van der Waals surface area contributed by atoms with Crippen LogP contribution in [-0.2, 0) is 0 Å². The number of piperidine rings is 1. The molecule has 17 heavy (non-hydrogen) atoms. The van der Waals surface area contributed by atoms with Crippen LogP contribution in [-0.4, -0.2) is 24.5 Å². The van der Waals surface area contributed by atoms with E-state index in [0.717, 1.165) is 24.8 Å². The molecule has 0 radical (unpaired) electrons. The van der Waals surface area contributed by atoms with Crippen LogP contribution in [0, 0.1) is 29.4 Å². The Morgan fingerprint density at radius 3 is 2.53 bits per heavy atom. The summed E-state index contributed by atoms with van der Waals surface area (Å²) >= 11 is 0. The highest BCUT2D eigenvalue weighted by Crippen LogP contribution is 2.51. The van der Waals surface area contributed by atoms with Crippen molar-refractivity contribution in [1.82, 2.24) is 0 Å². The molecule has 2 aliphatic rings. The van der Waals surface area contributed by atoms with Gasteiger partial charge in [-0.2, -0.15) is 0 Å². The first-order valence-electron chi connectivity index (χ1n) is 5.58. The molecule has 2 fully saturated rings. The van der Waals surface area contributed by atoms with E-state index in [-0.39, 0.29) is 0 Å². The summed E-state index contributed by atoms with van der Waals surface area (Å²) in [7, 11) is 0. The van der Waals surface area contributed by atoms with Gasteiger partial charge in [-0.3, -0.25) is 0 Å². The Kier molecular flexibility index (Phi) is 2.28. The Balaban J connectivity index is 1.71. The van der Waals surface area contributed by atoms with Crippen LogP contribution in [0.5, 0.6) is 0 Å². The number of nitrogens with zero attached hydrogens (tertiary/aromatic N) is 2. The molecule has 3 nitrogen and oxygen atoms in total. The van der Waals surface area contributed by atoms with Crippen LogP contribution >= 0.6 is 0 Å². The van der Waals surface area contributed by atoms with Gasteiger partial charge < -0.3 is 10.1 Å². The molecule has 1 aliphatic heterocycles. The van der Waals surface area contributed by atoms with Gasteiger partial charge in [-0.1, -0.05) is 0 Å². The summed E-state index contributed by atoms with van der Waals surface area (Å²) in [6, 6.07) is 3.98. The summed E-state index contributed by atoms with van der Waals surface area (Å²) in [6.07, 6.45) is 1.57. The molecular formula is C12H12F2N2O. The number of fused-ring (bicyclic) bond motifs is 1. The van der Waals surface area contributed by atoms with Crippen molar-refractivity contribution in [3.8, 4) is 0 Å². The Bertz CT molecular complexity index is 466. The zero-order valence-corrected chi connectivity index (χ0v) is 9.05. The molecule has 90 valence electrons. The maximum Gasteiger partial charge on any atom is 0.160 e. The van der Waals surface area contributed by atoms with E-state index in [1.807, 2.05) is 4.90 Å². The molecule has 1 saturated carbocycles. The Morgan fingerprint density at radius 1 is 1.24 bits per heavy atom. The number of halogens is 2. The molecule has 0 amide bonds. The maximum absolute atomic E-state index is 13.1. The van der Waals surface area contributed by atoms with E-state index in [0.29, 0.717) is 17.8 Å². The molecule has 1 unspecified atom stereocenters. The summed E-state index contributed by atoms with van der Waals surface area (Å²) in [5.74, 6) is -0.306. The quantitative estimate of drug-likeness (QED) is 0.486. The SMILES string of the molecule is O/N=C/C1[C@H]2CN(c3ccc(F)c(F)c3)C[C@@H]12. The summed E-state index contributed by atoms with van der Waals surface area (Å²) in [4.78, 5) is 2.04. The fourth-order valence-electron chi connectivity index (χ4n) is 2.76. The second-order valence-electron chi connectivity index (χ2n) is 4.67. The van der Waals surface area contributed by atoms with Gasteiger partial charge in [0.15, 0.2) is 11.6 Å². The minimum Gasteiger partial charge on any atom is -0.411 e. The smallest absolute Gasteiger partial charge is 0.160 e. The molecule has 1 saturated heterocycles. The maximum atomic E-state index is 13.1. The standard InChI is InChI=1S/C12H12F2N2O/c13-11-2-1-7(3-12(11)14)16-5-9-8(4-15-17)10(9)6-16/h1-4,8-10,17H,5-6H2/b15-4+/t8?,9-,10+. The number of benzene rings is 1. The van der Waals surface area contributed by atoms with Crippen molar-refractivity contribution in [3.63, 3.8) is 0 Å². The Labute approximate surface area is 97.3 Å². The van der Waals surface area contributed by atoms with Crippen molar-refractivity contribution in [2.24, 2.45) is 22.9 Å². The summed E-state index contributed by atoms with van der Waals surface area (Å²) in [5, 5.41) is 11.5. The van der Waals surface area contributed by atoms with E-state index in [2.05, 4.69) is 5.16 Å². The molecule has 1 aromatic carbocycles. The second kappa shape index (κ2) is 3.68. The summed E-state index contributed by atoms with van der Waals surface area (Å²) in [6.45, 7) is 1.62. The van der Waals surface area contributed by atoms with Crippen LogP contribution in [0.2, 0.25) is 0 Å².